The highest BCUT2D eigenvalue weighted by molar-refractivity contribution is 7.85. The topological polar surface area (TPSA) is 83.4 Å². The quantitative estimate of drug-likeness (QED) is 0.612. The van der Waals surface area contributed by atoms with Crippen molar-refractivity contribution in [2.45, 2.75) is 37.5 Å². The highest BCUT2D eigenvalue weighted by Gasteiger charge is 2.28. The van der Waals surface area contributed by atoms with Crippen LogP contribution in [0.25, 0.3) is 0 Å². The second-order valence-electron chi connectivity index (χ2n) is 5.76. The van der Waals surface area contributed by atoms with Crippen molar-refractivity contribution in [1.29, 1.82) is 0 Å². The summed E-state index contributed by atoms with van der Waals surface area (Å²) in [6.45, 7) is 2.96. The number of nitrogens with two attached hydrogens (primary N) is 1. The van der Waals surface area contributed by atoms with Gasteiger partial charge >= 0.3 is 0 Å². The van der Waals surface area contributed by atoms with Gasteiger partial charge in [0.1, 0.15) is 13.6 Å². The van der Waals surface area contributed by atoms with Crippen molar-refractivity contribution in [3.63, 3.8) is 0 Å². The van der Waals surface area contributed by atoms with Crippen molar-refractivity contribution < 1.29 is 17.5 Å². The first-order valence-electron chi connectivity index (χ1n) is 7.38. The standard InChI is InChI=1S/C9H14N2.C7H8O3S/c1-11-6-5-8(10)7-3-2-4-9(7)11;1-6-2-4-7(5-3-6)11(8,9)10/h10H,2-6H2,1H3;2-5H,1H3,(H,8,9,10)/p+1. The highest BCUT2D eigenvalue weighted by atomic mass is 32.2. The molecular weight excluding hydrogens is 300 g/mol. The van der Waals surface area contributed by atoms with Crippen LogP contribution in [0.3, 0.4) is 0 Å². The van der Waals surface area contributed by atoms with E-state index < -0.39 is 10.1 Å². The van der Waals surface area contributed by atoms with Gasteiger partial charge in [-0.2, -0.15) is 8.42 Å². The lowest BCUT2D eigenvalue weighted by atomic mass is 10.1. The molecule has 0 radical (unpaired) electrons. The number of hydrogen-bond acceptors (Lipinski definition) is 3. The Kier molecular flexibility index (Phi) is 5.03. The molecule has 0 atom stereocenters. The van der Waals surface area contributed by atoms with Crippen molar-refractivity contribution in [2.75, 3.05) is 13.6 Å². The Morgan fingerprint density at radius 1 is 1.14 bits per heavy atom. The van der Waals surface area contributed by atoms with E-state index in [0.717, 1.165) is 24.2 Å². The summed E-state index contributed by atoms with van der Waals surface area (Å²) in [5.74, 6) is 0. The SMILES string of the molecule is C[N+]1=C2CCCC2=C(N)CC1.Cc1ccc(S(=O)(=O)O)cc1. The van der Waals surface area contributed by atoms with Gasteiger partial charge in [-0.3, -0.25) is 4.55 Å². The first-order valence-corrected chi connectivity index (χ1v) is 8.82. The summed E-state index contributed by atoms with van der Waals surface area (Å²) in [7, 11) is -1.85. The molecule has 3 N–H and O–H groups in total. The molecule has 1 aromatic carbocycles. The summed E-state index contributed by atoms with van der Waals surface area (Å²) >= 11 is 0. The van der Waals surface area contributed by atoms with Gasteiger partial charge in [0.25, 0.3) is 10.1 Å². The number of fused-ring (bicyclic) bond motifs is 1. The van der Waals surface area contributed by atoms with Crippen LogP contribution in [0, 0.1) is 6.92 Å². The van der Waals surface area contributed by atoms with Crippen LogP contribution in [0.5, 0.6) is 0 Å². The fraction of sp³-hybridized carbons (Fsp3) is 0.438. The predicted molar refractivity (Wildman–Crippen MR) is 86.7 cm³/mol. The molecule has 1 aliphatic carbocycles. The summed E-state index contributed by atoms with van der Waals surface area (Å²) < 4.78 is 31.9. The number of aryl methyl sites for hydroxylation is 1. The monoisotopic (exact) mass is 323 g/mol. The lowest BCUT2D eigenvalue weighted by Crippen LogP contribution is -2.25. The Morgan fingerprint density at radius 2 is 1.77 bits per heavy atom. The van der Waals surface area contributed by atoms with Gasteiger partial charge in [-0.15, -0.1) is 0 Å². The third kappa shape index (κ3) is 3.96. The molecule has 1 heterocycles. The molecule has 0 aromatic heterocycles. The van der Waals surface area contributed by atoms with Crippen molar-refractivity contribution in [1.82, 2.24) is 0 Å². The maximum absolute atomic E-state index is 10.5. The third-order valence-corrected chi connectivity index (χ3v) is 4.94. The summed E-state index contributed by atoms with van der Waals surface area (Å²) in [6, 6.07) is 5.99. The molecule has 0 unspecified atom stereocenters. The van der Waals surface area contributed by atoms with Crippen LogP contribution in [0.2, 0.25) is 0 Å². The third-order valence-electron chi connectivity index (χ3n) is 4.07. The van der Waals surface area contributed by atoms with E-state index in [4.69, 9.17) is 10.3 Å². The molecule has 1 fully saturated rings. The van der Waals surface area contributed by atoms with Crippen LogP contribution in [0.4, 0.5) is 0 Å². The van der Waals surface area contributed by atoms with Gasteiger partial charge in [0, 0.05) is 24.1 Å². The molecule has 1 aromatic rings. The number of hydrogen-bond donors (Lipinski definition) is 2. The minimum atomic E-state index is -4.02. The van der Waals surface area contributed by atoms with Crippen molar-refractivity contribution in [2.24, 2.45) is 5.73 Å². The smallest absolute Gasteiger partial charge is 0.294 e. The van der Waals surface area contributed by atoms with Crippen LogP contribution >= 0.6 is 0 Å². The van der Waals surface area contributed by atoms with E-state index in [-0.39, 0.29) is 4.90 Å². The van der Waals surface area contributed by atoms with Crippen LogP contribution in [0.1, 0.15) is 31.2 Å². The molecule has 1 saturated carbocycles. The molecule has 0 amide bonds. The number of nitrogens with zero attached hydrogens (tertiary/aromatic N) is 1. The normalized spacial score (nSPS) is 18.0. The van der Waals surface area contributed by atoms with Crippen molar-refractivity contribution in [3.8, 4) is 0 Å². The lowest BCUT2D eigenvalue weighted by Gasteiger charge is -2.11. The van der Waals surface area contributed by atoms with Gasteiger partial charge in [-0.25, -0.2) is 4.58 Å². The van der Waals surface area contributed by atoms with E-state index in [1.165, 1.54) is 42.7 Å². The molecule has 0 bridgehead atoms. The molecule has 5 nitrogen and oxygen atoms in total. The maximum Gasteiger partial charge on any atom is 0.294 e. The second-order valence-corrected chi connectivity index (χ2v) is 7.19. The summed E-state index contributed by atoms with van der Waals surface area (Å²) in [4.78, 5) is -0.0666. The zero-order valence-corrected chi connectivity index (χ0v) is 13.9. The molecule has 22 heavy (non-hydrogen) atoms. The van der Waals surface area contributed by atoms with E-state index in [0.29, 0.717) is 0 Å². The van der Waals surface area contributed by atoms with Crippen LogP contribution in [0.15, 0.2) is 40.4 Å². The fourth-order valence-electron chi connectivity index (χ4n) is 2.78. The van der Waals surface area contributed by atoms with Crippen LogP contribution in [-0.4, -0.2) is 36.9 Å². The molecule has 0 saturated heterocycles. The first-order chi connectivity index (χ1) is 10.3. The van der Waals surface area contributed by atoms with Gasteiger partial charge in [0.2, 0.25) is 0 Å². The van der Waals surface area contributed by atoms with Gasteiger partial charge in [0.05, 0.1) is 4.90 Å². The number of allylic oxidation sites excluding steroid dienone is 1. The van der Waals surface area contributed by atoms with Gasteiger partial charge in [-0.1, -0.05) is 17.7 Å². The Hall–Kier alpha value is -1.66. The molecule has 120 valence electrons. The summed E-state index contributed by atoms with van der Waals surface area (Å²) in [5.41, 5.74) is 11.0. The zero-order chi connectivity index (χ0) is 16.3. The van der Waals surface area contributed by atoms with E-state index in [2.05, 4.69) is 11.6 Å². The van der Waals surface area contributed by atoms with Crippen molar-refractivity contribution >= 4 is 15.8 Å². The van der Waals surface area contributed by atoms with Crippen LogP contribution < -0.4 is 5.73 Å². The molecule has 1 aliphatic heterocycles. The lowest BCUT2D eigenvalue weighted by molar-refractivity contribution is -0.498. The average molecular weight is 323 g/mol. The van der Waals surface area contributed by atoms with Crippen LogP contribution in [-0.2, 0) is 10.1 Å². The van der Waals surface area contributed by atoms with E-state index in [9.17, 15) is 8.42 Å². The Morgan fingerprint density at radius 3 is 2.32 bits per heavy atom. The zero-order valence-electron chi connectivity index (χ0n) is 13.0. The Balaban J connectivity index is 0.000000160. The first kappa shape index (κ1) is 16.7. The molecule has 3 rings (SSSR count). The molecule has 0 spiro atoms. The molecule has 2 aliphatic rings. The molecule has 6 heteroatoms. The van der Waals surface area contributed by atoms with Gasteiger partial charge < -0.3 is 5.73 Å². The van der Waals surface area contributed by atoms with Gasteiger partial charge in [-0.05, 0) is 31.9 Å². The Bertz CT molecular complexity index is 690. The Labute approximate surface area is 131 Å². The minimum absolute atomic E-state index is 0.0666. The second kappa shape index (κ2) is 6.62. The van der Waals surface area contributed by atoms with Gasteiger partial charge in [0.15, 0.2) is 5.71 Å². The van der Waals surface area contributed by atoms with E-state index in [1.807, 2.05) is 6.92 Å². The largest absolute Gasteiger partial charge is 0.401 e. The maximum atomic E-state index is 10.5. The fourth-order valence-corrected chi connectivity index (χ4v) is 3.26. The molecular formula is C16H23N2O3S+. The van der Waals surface area contributed by atoms with E-state index >= 15 is 0 Å². The van der Waals surface area contributed by atoms with E-state index in [1.54, 1.807) is 12.1 Å². The number of rotatable bonds is 1. The summed E-state index contributed by atoms with van der Waals surface area (Å²) in [6.07, 6.45) is 4.82. The number of benzene rings is 1. The van der Waals surface area contributed by atoms with Crippen molar-refractivity contribution in [3.05, 3.63) is 41.1 Å². The summed E-state index contributed by atoms with van der Waals surface area (Å²) in [5, 5.41) is 0. The highest BCUT2D eigenvalue weighted by Crippen LogP contribution is 2.26. The average Bonchev–Trinajstić information content (AvgIpc) is 2.94. The predicted octanol–water partition coefficient (Wildman–Crippen LogP) is 2.11. The minimum Gasteiger partial charge on any atom is -0.401 e.